The van der Waals surface area contributed by atoms with Gasteiger partial charge in [0, 0.05) is 12.5 Å². The van der Waals surface area contributed by atoms with Crippen molar-refractivity contribution in [2.75, 3.05) is 6.54 Å². The lowest BCUT2D eigenvalue weighted by Gasteiger charge is -2.14. The van der Waals surface area contributed by atoms with Crippen LogP contribution in [0.2, 0.25) is 0 Å². The number of para-hydroxylation sites is 1. The van der Waals surface area contributed by atoms with Crippen LogP contribution in [0, 0.1) is 5.92 Å². The molecule has 0 saturated carbocycles. The molecule has 0 spiro atoms. The number of rotatable bonds is 5. The highest BCUT2D eigenvalue weighted by Crippen LogP contribution is 2.12. The second-order valence-electron chi connectivity index (χ2n) is 4.79. The van der Waals surface area contributed by atoms with E-state index < -0.39 is 0 Å². The molecule has 1 heterocycles. The van der Waals surface area contributed by atoms with Crippen LogP contribution in [0.25, 0.3) is 5.69 Å². The molecule has 2 unspecified atom stereocenters. The summed E-state index contributed by atoms with van der Waals surface area (Å²) in [6.45, 7) is 4.00. The summed E-state index contributed by atoms with van der Waals surface area (Å²) in [6.07, 6.45) is 1.81. The summed E-state index contributed by atoms with van der Waals surface area (Å²) < 4.78 is 1.68. The number of aromatic nitrogens is 3. The smallest absolute Gasteiger partial charge is 0.224 e. The number of carbonyl (C=O) groups excluding carboxylic acids is 1. The maximum Gasteiger partial charge on any atom is 0.224 e. The van der Waals surface area contributed by atoms with Crippen LogP contribution in [0.5, 0.6) is 0 Å². The summed E-state index contributed by atoms with van der Waals surface area (Å²) in [4.78, 5) is 11.8. The molecule has 0 radical (unpaired) electrons. The van der Waals surface area contributed by atoms with Crippen molar-refractivity contribution in [1.82, 2.24) is 20.3 Å². The molecule has 3 N–H and O–H groups in total. The number of nitrogens with zero attached hydrogens (tertiary/aromatic N) is 3. The van der Waals surface area contributed by atoms with Crippen molar-refractivity contribution in [3.05, 3.63) is 42.2 Å². The summed E-state index contributed by atoms with van der Waals surface area (Å²) in [5.41, 5.74) is 7.12. The van der Waals surface area contributed by atoms with Crippen molar-refractivity contribution in [2.24, 2.45) is 11.7 Å². The van der Waals surface area contributed by atoms with Gasteiger partial charge in [-0.1, -0.05) is 30.3 Å². The zero-order valence-corrected chi connectivity index (χ0v) is 11.7. The van der Waals surface area contributed by atoms with Gasteiger partial charge >= 0.3 is 0 Å². The fourth-order valence-electron chi connectivity index (χ4n) is 1.72. The van der Waals surface area contributed by atoms with Crippen LogP contribution in [0.4, 0.5) is 0 Å². The van der Waals surface area contributed by atoms with Crippen LogP contribution in [-0.4, -0.2) is 27.4 Å². The summed E-state index contributed by atoms with van der Waals surface area (Å²) in [6, 6.07) is 9.50. The van der Waals surface area contributed by atoms with Crippen LogP contribution in [0.3, 0.4) is 0 Å². The molecular formula is C14H19N5O. The first-order valence-corrected chi connectivity index (χ1v) is 6.60. The van der Waals surface area contributed by atoms with Gasteiger partial charge in [-0.2, -0.15) is 0 Å². The minimum absolute atomic E-state index is 0.0748. The molecule has 0 aliphatic carbocycles. The third-order valence-corrected chi connectivity index (χ3v) is 3.14. The van der Waals surface area contributed by atoms with Gasteiger partial charge in [-0.25, -0.2) is 4.68 Å². The Morgan fingerprint density at radius 1 is 1.35 bits per heavy atom. The normalized spacial score (nSPS) is 13.8. The van der Waals surface area contributed by atoms with E-state index in [9.17, 15) is 4.79 Å². The van der Waals surface area contributed by atoms with Crippen molar-refractivity contribution < 1.29 is 4.79 Å². The molecule has 106 valence electrons. The van der Waals surface area contributed by atoms with Gasteiger partial charge in [0.15, 0.2) is 0 Å². The largest absolute Gasteiger partial charge is 0.348 e. The predicted octanol–water partition coefficient (Wildman–Crippen LogP) is 1.04. The van der Waals surface area contributed by atoms with Crippen molar-refractivity contribution in [3.63, 3.8) is 0 Å². The van der Waals surface area contributed by atoms with Crippen molar-refractivity contribution in [3.8, 4) is 5.69 Å². The number of hydrogen-bond acceptors (Lipinski definition) is 4. The lowest BCUT2D eigenvalue weighted by atomic mass is 10.1. The highest BCUT2D eigenvalue weighted by Gasteiger charge is 2.17. The van der Waals surface area contributed by atoms with Crippen molar-refractivity contribution in [1.29, 1.82) is 0 Å². The molecule has 0 aliphatic heterocycles. The van der Waals surface area contributed by atoms with Gasteiger partial charge in [-0.15, -0.1) is 5.10 Å². The molecule has 0 fully saturated rings. The summed E-state index contributed by atoms with van der Waals surface area (Å²) in [5.74, 6) is -0.282. The maximum atomic E-state index is 11.8. The molecule has 2 aromatic rings. The zero-order chi connectivity index (χ0) is 14.5. The average molecular weight is 273 g/mol. The zero-order valence-electron chi connectivity index (χ0n) is 11.7. The lowest BCUT2D eigenvalue weighted by molar-refractivity contribution is -0.124. The third-order valence-electron chi connectivity index (χ3n) is 3.14. The number of hydrogen-bond donors (Lipinski definition) is 2. The highest BCUT2D eigenvalue weighted by molar-refractivity contribution is 5.78. The van der Waals surface area contributed by atoms with Gasteiger partial charge in [-0.05, 0) is 19.1 Å². The van der Waals surface area contributed by atoms with Crippen LogP contribution in [0.15, 0.2) is 36.5 Å². The summed E-state index contributed by atoms with van der Waals surface area (Å²) in [7, 11) is 0. The second-order valence-corrected chi connectivity index (χ2v) is 4.79. The maximum absolute atomic E-state index is 11.8. The second kappa shape index (κ2) is 6.29. The Morgan fingerprint density at radius 2 is 2.05 bits per heavy atom. The Bertz CT molecular complexity index is 566. The quantitative estimate of drug-likeness (QED) is 0.852. The first-order chi connectivity index (χ1) is 9.61. The van der Waals surface area contributed by atoms with E-state index in [-0.39, 0.29) is 17.9 Å². The van der Waals surface area contributed by atoms with E-state index in [2.05, 4.69) is 15.6 Å². The van der Waals surface area contributed by atoms with Gasteiger partial charge in [0.05, 0.1) is 17.9 Å². The standard InChI is InChI=1S/C14H19N5O/c1-10(8-15)14(20)16-11(2)13-9-19(18-17-13)12-6-4-3-5-7-12/h3-7,9-11H,8,15H2,1-2H3,(H,16,20). The first kappa shape index (κ1) is 14.2. The monoisotopic (exact) mass is 273 g/mol. The molecular weight excluding hydrogens is 254 g/mol. The SMILES string of the molecule is CC(CN)C(=O)NC(C)c1cn(-c2ccccc2)nn1. The van der Waals surface area contributed by atoms with Gasteiger partial charge < -0.3 is 11.1 Å². The van der Waals surface area contributed by atoms with E-state index in [0.717, 1.165) is 5.69 Å². The van der Waals surface area contributed by atoms with Gasteiger partial charge in [0.2, 0.25) is 5.91 Å². The molecule has 1 aromatic heterocycles. The van der Waals surface area contributed by atoms with Crippen molar-refractivity contribution >= 4 is 5.91 Å². The van der Waals surface area contributed by atoms with Crippen LogP contribution in [-0.2, 0) is 4.79 Å². The highest BCUT2D eigenvalue weighted by atomic mass is 16.1. The topological polar surface area (TPSA) is 85.8 Å². The number of benzene rings is 1. The molecule has 1 amide bonds. The predicted molar refractivity (Wildman–Crippen MR) is 76.1 cm³/mol. The Labute approximate surface area is 118 Å². The molecule has 0 saturated heterocycles. The summed E-state index contributed by atoms with van der Waals surface area (Å²) >= 11 is 0. The fourth-order valence-corrected chi connectivity index (χ4v) is 1.72. The van der Waals surface area contributed by atoms with Crippen LogP contribution in [0.1, 0.15) is 25.6 Å². The number of carbonyl (C=O) groups is 1. The molecule has 0 bridgehead atoms. The molecule has 0 aliphatic rings. The molecule has 20 heavy (non-hydrogen) atoms. The van der Waals surface area contributed by atoms with Crippen LogP contribution < -0.4 is 11.1 Å². The fraction of sp³-hybridized carbons (Fsp3) is 0.357. The number of nitrogens with one attached hydrogen (secondary N) is 1. The summed E-state index contributed by atoms with van der Waals surface area (Å²) in [5, 5.41) is 11.0. The molecule has 2 rings (SSSR count). The average Bonchev–Trinajstić information content (AvgIpc) is 2.97. The Kier molecular flexibility index (Phi) is 4.47. The van der Waals surface area contributed by atoms with E-state index in [1.165, 1.54) is 0 Å². The third kappa shape index (κ3) is 3.21. The van der Waals surface area contributed by atoms with Gasteiger partial charge in [0.1, 0.15) is 5.69 Å². The lowest BCUT2D eigenvalue weighted by Crippen LogP contribution is -2.35. The van der Waals surface area contributed by atoms with E-state index >= 15 is 0 Å². The number of nitrogens with two attached hydrogens (primary N) is 1. The Balaban J connectivity index is 2.07. The van der Waals surface area contributed by atoms with Crippen molar-refractivity contribution in [2.45, 2.75) is 19.9 Å². The van der Waals surface area contributed by atoms with Gasteiger partial charge in [0.25, 0.3) is 0 Å². The molecule has 1 aromatic carbocycles. The van der Waals surface area contributed by atoms with Crippen LogP contribution >= 0.6 is 0 Å². The van der Waals surface area contributed by atoms with Gasteiger partial charge in [-0.3, -0.25) is 4.79 Å². The molecule has 2 atom stereocenters. The van der Waals surface area contributed by atoms with E-state index in [1.807, 2.05) is 43.5 Å². The minimum Gasteiger partial charge on any atom is -0.348 e. The minimum atomic E-state index is -0.207. The Morgan fingerprint density at radius 3 is 2.70 bits per heavy atom. The van der Waals surface area contributed by atoms with E-state index in [0.29, 0.717) is 12.2 Å². The Hall–Kier alpha value is -2.21. The van der Waals surface area contributed by atoms with E-state index in [4.69, 9.17) is 5.73 Å². The first-order valence-electron chi connectivity index (χ1n) is 6.60. The molecule has 6 nitrogen and oxygen atoms in total. The number of amides is 1. The molecule has 6 heteroatoms. The van der Waals surface area contributed by atoms with E-state index in [1.54, 1.807) is 11.6 Å².